The number of carbonyl (C=O) groups is 2. The predicted octanol–water partition coefficient (Wildman–Crippen LogP) is 2.65. The minimum absolute atomic E-state index is 0.218. The van der Waals surface area contributed by atoms with Crippen molar-refractivity contribution in [3.8, 4) is 0 Å². The Morgan fingerprint density at radius 1 is 1.50 bits per heavy atom. The number of methoxy groups -OCH3 is 1. The lowest BCUT2D eigenvalue weighted by atomic mass is 10.2. The van der Waals surface area contributed by atoms with Gasteiger partial charge in [-0.3, -0.25) is 9.59 Å². The molecule has 1 aromatic carbocycles. The van der Waals surface area contributed by atoms with Crippen molar-refractivity contribution < 1.29 is 14.3 Å². The smallest absolute Gasteiger partial charge is 0.320 e. The molecule has 4 nitrogen and oxygen atoms in total. The summed E-state index contributed by atoms with van der Waals surface area (Å²) in [4.78, 5) is 23.0. The first-order valence-corrected chi connectivity index (χ1v) is 7.61. The Kier molecular flexibility index (Phi) is 6.64. The number of benzene rings is 1. The number of hydrogen-bond acceptors (Lipinski definition) is 3. The SMILES string of the molecule is COC(=O)C(I)CNC(=O)c1ccc(I)c(Cl)c1. The van der Waals surface area contributed by atoms with Gasteiger partial charge in [-0.1, -0.05) is 34.2 Å². The van der Waals surface area contributed by atoms with Crippen molar-refractivity contribution in [3.63, 3.8) is 0 Å². The third-order valence-corrected chi connectivity index (χ3v) is 4.60. The van der Waals surface area contributed by atoms with Crippen molar-refractivity contribution in [1.29, 1.82) is 0 Å². The molecule has 0 saturated heterocycles. The zero-order valence-corrected chi connectivity index (χ0v) is 14.4. The zero-order valence-electron chi connectivity index (χ0n) is 9.38. The van der Waals surface area contributed by atoms with Crippen molar-refractivity contribution in [2.75, 3.05) is 13.7 Å². The van der Waals surface area contributed by atoms with Crippen LogP contribution in [0.3, 0.4) is 0 Å². The third-order valence-electron chi connectivity index (χ3n) is 2.08. The molecule has 7 heteroatoms. The van der Waals surface area contributed by atoms with Crippen LogP contribution in [-0.2, 0) is 9.53 Å². The van der Waals surface area contributed by atoms with Gasteiger partial charge in [0.15, 0.2) is 0 Å². The average Bonchev–Trinajstić information content (AvgIpc) is 2.37. The van der Waals surface area contributed by atoms with Crippen molar-refractivity contribution in [2.24, 2.45) is 0 Å². The minimum Gasteiger partial charge on any atom is -0.468 e. The fourth-order valence-electron chi connectivity index (χ4n) is 1.13. The summed E-state index contributed by atoms with van der Waals surface area (Å²) in [5.74, 6) is -0.629. The summed E-state index contributed by atoms with van der Waals surface area (Å²) in [5.41, 5.74) is 0.467. The van der Waals surface area contributed by atoms with Gasteiger partial charge in [-0.05, 0) is 40.8 Å². The van der Waals surface area contributed by atoms with Crippen molar-refractivity contribution in [1.82, 2.24) is 5.32 Å². The van der Waals surface area contributed by atoms with E-state index in [0.29, 0.717) is 10.6 Å². The molecule has 1 aromatic rings. The lowest BCUT2D eigenvalue weighted by Crippen LogP contribution is -2.33. The van der Waals surface area contributed by atoms with E-state index in [2.05, 4.69) is 32.6 Å². The highest BCUT2D eigenvalue weighted by Crippen LogP contribution is 2.19. The van der Waals surface area contributed by atoms with Crippen LogP contribution < -0.4 is 5.32 Å². The van der Waals surface area contributed by atoms with Crippen molar-refractivity contribution >= 4 is 68.7 Å². The molecule has 98 valence electrons. The molecule has 0 bridgehead atoms. The molecule has 0 radical (unpaired) electrons. The lowest BCUT2D eigenvalue weighted by Gasteiger charge is -2.09. The van der Waals surface area contributed by atoms with E-state index in [1.54, 1.807) is 18.2 Å². The van der Waals surface area contributed by atoms with Crippen LogP contribution >= 0.6 is 56.8 Å². The second-order valence-electron chi connectivity index (χ2n) is 3.33. The van der Waals surface area contributed by atoms with Gasteiger partial charge in [0.2, 0.25) is 0 Å². The van der Waals surface area contributed by atoms with E-state index in [0.717, 1.165) is 3.57 Å². The largest absolute Gasteiger partial charge is 0.468 e. The van der Waals surface area contributed by atoms with E-state index in [1.165, 1.54) is 7.11 Å². The highest BCUT2D eigenvalue weighted by atomic mass is 127. The molecular formula is C11H10ClI2NO3. The van der Waals surface area contributed by atoms with Gasteiger partial charge in [0.25, 0.3) is 5.91 Å². The Morgan fingerprint density at radius 3 is 2.72 bits per heavy atom. The molecule has 0 aliphatic heterocycles. The molecule has 1 amide bonds. The molecule has 0 heterocycles. The van der Waals surface area contributed by atoms with Gasteiger partial charge >= 0.3 is 5.97 Å². The molecule has 1 atom stereocenters. The number of rotatable bonds is 4. The predicted molar refractivity (Wildman–Crippen MR) is 86.3 cm³/mol. The summed E-state index contributed by atoms with van der Waals surface area (Å²) in [7, 11) is 1.31. The van der Waals surface area contributed by atoms with Gasteiger partial charge in [0.1, 0.15) is 3.92 Å². The Labute approximate surface area is 137 Å². The Hall–Kier alpha value is -0.0900. The van der Waals surface area contributed by atoms with E-state index in [4.69, 9.17) is 11.6 Å². The number of esters is 1. The van der Waals surface area contributed by atoms with Gasteiger partial charge in [0.05, 0.1) is 12.1 Å². The molecule has 18 heavy (non-hydrogen) atoms. The average molecular weight is 493 g/mol. The molecule has 0 fully saturated rings. The summed E-state index contributed by atoms with van der Waals surface area (Å²) in [6.45, 7) is 0.218. The minimum atomic E-state index is -0.407. The normalized spacial score (nSPS) is 11.8. The first-order valence-electron chi connectivity index (χ1n) is 4.91. The van der Waals surface area contributed by atoms with Crippen LogP contribution in [0.25, 0.3) is 0 Å². The van der Waals surface area contributed by atoms with E-state index >= 15 is 0 Å². The lowest BCUT2D eigenvalue weighted by molar-refractivity contribution is -0.139. The molecule has 0 aliphatic rings. The summed E-state index contributed by atoms with van der Waals surface area (Å²) in [5, 5.41) is 3.18. The molecule has 0 aromatic heterocycles. The van der Waals surface area contributed by atoms with Crippen molar-refractivity contribution in [3.05, 3.63) is 32.4 Å². The van der Waals surface area contributed by atoms with E-state index in [9.17, 15) is 9.59 Å². The fourth-order valence-corrected chi connectivity index (χ4v) is 2.12. The van der Waals surface area contributed by atoms with Gasteiger partial charge < -0.3 is 10.1 Å². The van der Waals surface area contributed by atoms with Crippen LogP contribution in [0.5, 0.6) is 0 Å². The maximum atomic E-state index is 11.8. The number of nitrogens with one attached hydrogen (secondary N) is 1. The van der Waals surface area contributed by atoms with Crippen LogP contribution in [0.15, 0.2) is 18.2 Å². The van der Waals surface area contributed by atoms with E-state index in [1.807, 2.05) is 22.6 Å². The van der Waals surface area contributed by atoms with Crippen LogP contribution in [-0.4, -0.2) is 29.5 Å². The maximum absolute atomic E-state index is 11.8. The highest BCUT2D eigenvalue weighted by Gasteiger charge is 2.16. The van der Waals surface area contributed by atoms with E-state index in [-0.39, 0.29) is 18.4 Å². The molecule has 0 saturated carbocycles. The van der Waals surface area contributed by atoms with Gasteiger partial charge in [0, 0.05) is 15.7 Å². The zero-order chi connectivity index (χ0) is 13.7. The molecule has 1 N–H and O–H groups in total. The van der Waals surface area contributed by atoms with E-state index < -0.39 is 3.92 Å². The van der Waals surface area contributed by atoms with Crippen LogP contribution in [0, 0.1) is 3.57 Å². The summed E-state index contributed by atoms with van der Waals surface area (Å²) in [6, 6.07) is 5.04. The first-order chi connectivity index (χ1) is 8.45. The second-order valence-corrected chi connectivity index (χ2v) is 6.40. The molecule has 1 rings (SSSR count). The molecule has 0 aliphatic carbocycles. The first kappa shape index (κ1) is 16.0. The van der Waals surface area contributed by atoms with Gasteiger partial charge in [-0.2, -0.15) is 0 Å². The highest BCUT2D eigenvalue weighted by molar-refractivity contribution is 14.1. The number of alkyl halides is 1. The van der Waals surface area contributed by atoms with Gasteiger partial charge in [-0.25, -0.2) is 0 Å². The number of carbonyl (C=O) groups excluding carboxylic acids is 2. The Morgan fingerprint density at radius 2 is 2.17 bits per heavy atom. The maximum Gasteiger partial charge on any atom is 0.320 e. The topological polar surface area (TPSA) is 55.4 Å². The fraction of sp³-hybridized carbons (Fsp3) is 0.273. The number of halogens is 3. The second kappa shape index (κ2) is 7.49. The monoisotopic (exact) mass is 493 g/mol. The third kappa shape index (κ3) is 4.54. The number of ether oxygens (including phenoxy) is 1. The summed E-state index contributed by atoms with van der Waals surface area (Å²) in [6.07, 6.45) is 0. The quantitative estimate of drug-likeness (QED) is 0.399. The van der Waals surface area contributed by atoms with Gasteiger partial charge in [-0.15, -0.1) is 0 Å². The van der Waals surface area contributed by atoms with Crippen LogP contribution in [0.2, 0.25) is 5.02 Å². The molecular weight excluding hydrogens is 483 g/mol. The Bertz CT molecular complexity index is 468. The Balaban J connectivity index is 2.60. The summed E-state index contributed by atoms with van der Waals surface area (Å²) < 4.78 is 5.04. The van der Waals surface area contributed by atoms with Crippen molar-refractivity contribution in [2.45, 2.75) is 3.92 Å². The standard InChI is InChI=1S/C11H10ClI2NO3/c1-18-11(17)9(14)5-15-10(16)6-2-3-8(13)7(12)4-6/h2-4,9H,5H2,1H3,(H,15,16). The molecule has 1 unspecified atom stereocenters. The number of hydrogen-bond donors (Lipinski definition) is 1. The van der Waals surface area contributed by atoms with Crippen LogP contribution in [0.4, 0.5) is 0 Å². The number of amides is 1. The molecule has 0 spiro atoms. The van der Waals surface area contributed by atoms with Crippen LogP contribution in [0.1, 0.15) is 10.4 Å². The summed E-state index contributed by atoms with van der Waals surface area (Å²) >= 11 is 9.93.